The second-order valence-corrected chi connectivity index (χ2v) is 18.3. The molecule has 0 heterocycles. The molecule has 0 amide bonds. The summed E-state index contributed by atoms with van der Waals surface area (Å²) in [6.45, 7) is 16.2. The number of aryl methyl sites for hydroxylation is 2. The van der Waals surface area contributed by atoms with Gasteiger partial charge in [0.2, 0.25) is 0 Å². The summed E-state index contributed by atoms with van der Waals surface area (Å²) < 4.78 is 0. The highest BCUT2D eigenvalue weighted by Gasteiger charge is 2.27. The Morgan fingerprint density at radius 2 is 0.889 bits per heavy atom. The number of rotatable bonds is 10. The molecule has 2 heteroatoms. The molecule has 2 nitrogen and oxygen atoms in total. The fourth-order valence-electron chi connectivity index (χ4n) is 9.94. The van der Waals surface area contributed by atoms with Gasteiger partial charge in [0, 0.05) is 33.5 Å². The maximum Gasteiger partial charge on any atom is 0.0543 e. The van der Waals surface area contributed by atoms with Crippen LogP contribution in [0.2, 0.25) is 0 Å². The first-order chi connectivity index (χ1) is 30.7. The Morgan fingerprint density at radius 3 is 1.35 bits per heavy atom. The van der Waals surface area contributed by atoms with E-state index in [1.54, 1.807) is 0 Å². The Bertz CT molecular complexity index is 3170. The number of benzene rings is 9. The summed E-state index contributed by atoms with van der Waals surface area (Å²) in [6, 6.07) is 61.3. The molecule has 1 aliphatic rings. The van der Waals surface area contributed by atoms with Crippen molar-refractivity contribution < 1.29 is 0 Å². The zero-order chi connectivity index (χ0) is 43.4. The largest absolute Gasteiger partial charge is 0.310 e. The lowest BCUT2D eigenvalue weighted by Crippen LogP contribution is -2.14. The first-order valence-corrected chi connectivity index (χ1v) is 22.8. The lowest BCUT2D eigenvalue weighted by Gasteiger charge is -2.32. The zero-order valence-electron chi connectivity index (χ0n) is 37.7. The van der Waals surface area contributed by atoms with E-state index in [0.29, 0.717) is 17.8 Å². The standard InChI is InChI=1S/C61H56N2/c1-39(2)54-37-58(62(48-19-13-9-14-20-48)56-35-46(29-25-42(56)6)44-17-11-8-12-18-44)52-33-31-51-55(40(3)4)38-59(53-34-32-50(54)60(52)61(51)53)63(49-21-15-10-16-22-49)57-36-47(30-26-43(57)7)45-27-23-41(5)24-28-45/h8-23,25-41H,24H2,1-7H3. The van der Waals surface area contributed by atoms with Crippen molar-refractivity contribution in [3.05, 3.63) is 210 Å². The number of nitrogens with zero attached hydrogens (tertiary/aromatic N) is 2. The average Bonchev–Trinajstić information content (AvgIpc) is 3.31. The van der Waals surface area contributed by atoms with Crippen LogP contribution in [0, 0.1) is 19.8 Å². The molecule has 1 atom stereocenters. The Morgan fingerprint density at radius 1 is 0.444 bits per heavy atom. The number of para-hydroxylation sites is 2. The van der Waals surface area contributed by atoms with Gasteiger partial charge in [-0.2, -0.15) is 0 Å². The predicted octanol–water partition coefficient (Wildman–Crippen LogP) is 18.0. The lowest BCUT2D eigenvalue weighted by atomic mass is 9.84. The summed E-state index contributed by atoms with van der Waals surface area (Å²) in [5, 5.41) is 7.82. The molecule has 9 aromatic carbocycles. The van der Waals surface area contributed by atoms with E-state index in [9.17, 15) is 0 Å². The fourth-order valence-corrected chi connectivity index (χ4v) is 9.94. The van der Waals surface area contributed by atoms with Crippen LogP contribution in [-0.4, -0.2) is 0 Å². The molecule has 0 saturated heterocycles. The van der Waals surface area contributed by atoms with E-state index < -0.39 is 0 Å². The van der Waals surface area contributed by atoms with Crippen molar-refractivity contribution >= 4 is 72.0 Å². The highest BCUT2D eigenvalue weighted by molar-refractivity contribution is 6.29. The number of hydrogen-bond donors (Lipinski definition) is 0. The molecule has 9 aromatic rings. The van der Waals surface area contributed by atoms with Crippen molar-refractivity contribution in [3.8, 4) is 11.1 Å². The first kappa shape index (κ1) is 40.2. The highest BCUT2D eigenvalue weighted by atomic mass is 15.2. The summed E-state index contributed by atoms with van der Waals surface area (Å²) in [7, 11) is 0. The van der Waals surface area contributed by atoms with Crippen LogP contribution < -0.4 is 9.80 Å². The quantitative estimate of drug-likeness (QED) is 0.127. The normalized spacial score (nSPS) is 14.0. The van der Waals surface area contributed by atoms with E-state index in [1.165, 1.54) is 99.6 Å². The van der Waals surface area contributed by atoms with Gasteiger partial charge in [0.05, 0.1) is 11.4 Å². The van der Waals surface area contributed by atoms with Crippen molar-refractivity contribution in [2.24, 2.45) is 5.92 Å². The van der Waals surface area contributed by atoms with Gasteiger partial charge in [0.15, 0.2) is 0 Å². The van der Waals surface area contributed by atoms with Crippen LogP contribution in [0.25, 0.3) is 49.0 Å². The summed E-state index contributed by atoms with van der Waals surface area (Å²) in [6.07, 6.45) is 8.12. The number of allylic oxidation sites excluding steroid dienone is 4. The van der Waals surface area contributed by atoms with E-state index in [-0.39, 0.29) is 0 Å². The van der Waals surface area contributed by atoms with Crippen molar-refractivity contribution in [3.63, 3.8) is 0 Å². The van der Waals surface area contributed by atoms with Gasteiger partial charge in [-0.05, 0) is 153 Å². The van der Waals surface area contributed by atoms with Crippen LogP contribution in [0.3, 0.4) is 0 Å². The minimum atomic E-state index is 0.295. The molecule has 0 bridgehead atoms. The van der Waals surface area contributed by atoms with Crippen LogP contribution in [0.1, 0.15) is 80.7 Å². The van der Waals surface area contributed by atoms with Crippen molar-refractivity contribution in [1.82, 2.24) is 0 Å². The summed E-state index contributed by atoms with van der Waals surface area (Å²) >= 11 is 0. The molecule has 0 radical (unpaired) electrons. The van der Waals surface area contributed by atoms with Crippen LogP contribution in [0.15, 0.2) is 182 Å². The predicted molar refractivity (Wildman–Crippen MR) is 273 cm³/mol. The van der Waals surface area contributed by atoms with Crippen LogP contribution in [0.5, 0.6) is 0 Å². The molecule has 1 unspecified atom stereocenters. The zero-order valence-corrected chi connectivity index (χ0v) is 37.7. The molecule has 0 aromatic heterocycles. The molecule has 0 aliphatic heterocycles. The molecule has 0 N–H and O–H groups in total. The van der Waals surface area contributed by atoms with Crippen LogP contribution >= 0.6 is 0 Å². The Balaban J connectivity index is 1.29. The van der Waals surface area contributed by atoms with Gasteiger partial charge in [-0.3, -0.25) is 0 Å². The SMILES string of the molecule is Cc1ccc(C2=CCC(C)C=C2)cc1N(c1ccccc1)c1cc(C(C)C)c2ccc3c(N(c4ccccc4)c4cc(-c5ccccc5)ccc4C)cc(C(C)C)c4ccc1c2c43. The second-order valence-electron chi connectivity index (χ2n) is 18.3. The Kier molecular flexibility index (Phi) is 10.5. The van der Waals surface area contributed by atoms with Gasteiger partial charge in [0.1, 0.15) is 0 Å². The van der Waals surface area contributed by atoms with Gasteiger partial charge in [0.25, 0.3) is 0 Å². The van der Waals surface area contributed by atoms with Crippen molar-refractivity contribution in [2.45, 2.75) is 66.7 Å². The lowest BCUT2D eigenvalue weighted by molar-refractivity contribution is 0.739. The highest BCUT2D eigenvalue weighted by Crippen LogP contribution is 2.52. The van der Waals surface area contributed by atoms with E-state index in [1.807, 2.05) is 0 Å². The minimum Gasteiger partial charge on any atom is -0.310 e. The Labute approximate surface area is 373 Å². The van der Waals surface area contributed by atoms with Crippen molar-refractivity contribution in [1.29, 1.82) is 0 Å². The molecule has 1 aliphatic carbocycles. The van der Waals surface area contributed by atoms with E-state index in [2.05, 4.69) is 240 Å². The summed E-state index contributed by atoms with van der Waals surface area (Å²) in [5.41, 5.74) is 17.2. The third-order valence-electron chi connectivity index (χ3n) is 13.3. The molecule has 0 fully saturated rings. The smallest absolute Gasteiger partial charge is 0.0543 e. The van der Waals surface area contributed by atoms with Gasteiger partial charge in [-0.25, -0.2) is 0 Å². The fraction of sp³-hybridized carbons (Fsp3) is 0.180. The van der Waals surface area contributed by atoms with Gasteiger partial charge < -0.3 is 9.80 Å². The van der Waals surface area contributed by atoms with E-state index in [4.69, 9.17) is 0 Å². The average molecular weight is 817 g/mol. The van der Waals surface area contributed by atoms with E-state index >= 15 is 0 Å². The number of anilines is 6. The van der Waals surface area contributed by atoms with Crippen LogP contribution in [0.4, 0.5) is 34.1 Å². The summed E-state index contributed by atoms with van der Waals surface area (Å²) in [4.78, 5) is 5.05. The molecule has 63 heavy (non-hydrogen) atoms. The topological polar surface area (TPSA) is 6.48 Å². The first-order valence-electron chi connectivity index (χ1n) is 22.8. The maximum atomic E-state index is 2.53. The maximum absolute atomic E-state index is 2.53. The van der Waals surface area contributed by atoms with Crippen LogP contribution in [-0.2, 0) is 0 Å². The van der Waals surface area contributed by atoms with Gasteiger partial charge in [-0.15, -0.1) is 0 Å². The third kappa shape index (κ3) is 7.18. The molecule has 0 spiro atoms. The van der Waals surface area contributed by atoms with Crippen molar-refractivity contribution in [2.75, 3.05) is 9.80 Å². The second kappa shape index (κ2) is 16.4. The monoisotopic (exact) mass is 816 g/mol. The van der Waals surface area contributed by atoms with Gasteiger partial charge >= 0.3 is 0 Å². The Hall–Kier alpha value is -6.90. The molecular weight excluding hydrogens is 761 g/mol. The van der Waals surface area contributed by atoms with E-state index in [0.717, 1.165) is 17.8 Å². The molecule has 10 rings (SSSR count). The number of hydrogen-bond acceptors (Lipinski definition) is 2. The molecule has 310 valence electrons. The summed E-state index contributed by atoms with van der Waals surface area (Å²) in [5.74, 6) is 1.15. The van der Waals surface area contributed by atoms with Gasteiger partial charge in [-0.1, -0.05) is 168 Å². The molecular formula is C61H56N2. The minimum absolute atomic E-state index is 0.295. The molecule has 0 saturated carbocycles. The third-order valence-corrected chi connectivity index (χ3v) is 13.3.